The summed E-state index contributed by atoms with van der Waals surface area (Å²) in [7, 11) is -4.15. The van der Waals surface area contributed by atoms with Gasteiger partial charge in [0.1, 0.15) is 12.6 Å². The molecule has 220 valence electrons. The van der Waals surface area contributed by atoms with Gasteiger partial charge in [0.2, 0.25) is 11.8 Å². The van der Waals surface area contributed by atoms with E-state index in [0.29, 0.717) is 34.1 Å². The fourth-order valence-corrected chi connectivity index (χ4v) is 6.49. The van der Waals surface area contributed by atoms with Crippen LogP contribution in [0.4, 0.5) is 5.69 Å². The van der Waals surface area contributed by atoms with Crippen molar-refractivity contribution in [2.24, 2.45) is 0 Å². The van der Waals surface area contributed by atoms with Crippen molar-refractivity contribution < 1.29 is 18.0 Å². The number of aryl methyl sites for hydroxylation is 2. The molecule has 41 heavy (non-hydrogen) atoms. The lowest BCUT2D eigenvalue weighted by Gasteiger charge is -2.34. The number of hydrogen-bond acceptors (Lipinski definition) is 4. The predicted molar refractivity (Wildman–Crippen MR) is 166 cm³/mol. The third-order valence-electron chi connectivity index (χ3n) is 6.88. The molecule has 0 aliphatic heterocycles. The summed E-state index contributed by atoms with van der Waals surface area (Å²) < 4.78 is 29.0. The highest BCUT2D eigenvalue weighted by atomic mass is 35.5. The van der Waals surface area contributed by atoms with E-state index in [0.717, 1.165) is 15.4 Å². The Kier molecular flexibility index (Phi) is 11.2. The van der Waals surface area contributed by atoms with Crippen LogP contribution < -0.4 is 9.62 Å². The maximum atomic E-state index is 14.2. The summed E-state index contributed by atoms with van der Waals surface area (Å²) in [6, 6.07) is 17.4. The third-order valence-corrected chi connectivity index (χ3v) is 9.38. The number of nitrogens with one attached hydrogen (secondary N) is 1. The topological polar surface area (TPSA) is 86.8 Å². The van der Waals surface area contributed by atoms with Gasteiger partial charge in [0, 0.05) is 28.2 Å². The van der Waals surface area contributed by atoms with Crippen LogP contribution in [0.2, 0.25) is 10.0 Å². The zero-order valence-electron chi connectivity index (χ0n) is 24.0. The van der Waals surface area contributed by atoms with E-state index in [1.165, 1.54) is 17.0 Å². The monoisotopic (exact) mass is 617 g/mol. The number of nitrogens with zero attached hydrogens (tertiary/aromatic N) is 2. The van der Waals surface area contributed by atoms with E-state index in [9.17, 15) is 18.0 Å². The van der Waals surface area contributed by atoms with E-state index in [1.54, 1.807) is 55.5 Å². The van der Waals surface area contributed by atoms with Crippen molar-refractivity contribution in [3.8, 4) is 0 Å². The molecular formula is C31H37Cl2N3O4S. The van der Waals surface area contributed by atoms with Crippen LogP contribution in [0.25, 0.3) is 0 Å². The van der Waals surface area contributed by atoms with Gasteiger partial charge in [-0.2, -0.15) is 0 Å². The number of halogens is 2. The van der Waals surface area contributed by atoms with Gasteiger partial charge < -0.3 is 10.2 Å². The molecule has 0 aliphatic rings. The van der Waals surface area contributed by atoms with Gasteiger partial charge in [0.15, 0.2) is 0 Å². The van der Waals surface area contributed by atoms with Gasteiger partial charge >= 0.3 is 0 Å². The summed E-state index contributed by atoms with van der Waals surface area (Å²) in [5.74, 6) is -0.895. The standard InChI is InChI=1S/C31H37Cl2N3O4S/c1-6-23(5)34-31(38)29(7-2)35(19-26-27(32)14-11-15-28(26)33)30(37)20-36(24-17-21(3)16-22(4)18-24)41(39,40)25-12-9-8-10-13-25/h8-18,23,29H,6-7,19-20H2,1-5H3,(H,34,38)/t23-,29+/m0/s1. The van der Waals surface area contributed by atoms with Crippen LogP contribution >= 0.6 is 23.2 Å². The highest BCUT2D eigenvalue weighted by Crippen LogP contribution is 2.29. The minimum Gasteiger partial charge on any atom is -0.352 e. The zero-order chi connectivity index (χ0) is 30.3. The molecule has 2 atom stereocenters. The van der Waals surface area contributed by atoms with Crippen molar-refractivity contribution in [3.05, 3.63) is 93.5 Å². The van der Waals surface area contributed by atoms with Crippen molar-refractivity contribution >= 4 is 50.7 Å². The number of carbonyl (C=O) groups is 2. The predicted octanol–water partition coefficient (Wildman–Crippen LogP) is 6.53. The molecule has 2 amide bonds. The van der Waals surface area contributed by atoms with Gasteiger partial charge in [-0.05, 0) is 81.1 Å². The first kappa shape index (κ1) is 32.4. The summed E-state index contributed by atoms with van der Waals surface area (Å²) in [4.78, 5) is 29.1. The van der Waals surface area contributed by atoms with Gasteiger partial charge in [-0.3, -0.25) is 13.9 Å². The second-order valence-electron chi connectivity index (χ2n) is 10.1. The van der Waals surface area contributed by atoms with Crippen molar-refractivity contribution in [1.82, 2.24) is 10.2 Å². The molecule has 0 fully saturated rings. The van der Waals surface area contributed by atoms with Crippen LogP contribution in [0, 0.1) is 13.8 Å². The number of amides is 2. The Labute approximate surface area is 253 Å². The van der Waals surface area contributed by atoms with Crippen molar-refractivity contribution in [3.63, 3.8) is 0 Å². The third kappa shape index (κ3) is 8.03. The lowest BCUT2D eigenvalue weighted by molar-refractivity contribution is -0.140. The average molecular weight is 619 g/mol. The smallest absolute Gasteiger partial charge is 0.264 e. The summed E-state index contributed by atoms with van der Waals surface area (Å²) in [5, 5.41) is 3.64. The van der Waals surface area contributed by atoms with E-state index in [-0.39, 0.29) is 23.4 Å². The number of carbonyl (C=O) groups excluding carboxylic acids is 2. The van der Waals surface area contributed by atoms with Crippen molar-refractivity contribution in [2.45, 2.75) is 71.0 Å². The van der Waals surface area contributed by atoms with Crippen LogP contribution in [0.1, 0.15) is 50.3 Å². The Hall–Kier alpha value is -3.07. The van der Waals surface area contributed by atoms with Gasteiger partial charge in [-0.1, -0.05) is 67.4 Å². The minimum absolute atomic E-state index is 0.0502. The second kappa shape index (κ2) is 14.2. The Morgan fingerprint density at radius 2 is 1.46 bits per heavy atom. The molecule has 0 aromatic heterocycles. The van der Waals surface area contributed by atoms with Gasteiger partial charge in [-0.25, -0.2) is 8.42 Å². The average Bonchev–Trinajstić information content (AvgIpc) is 2.92. The van der Waals surface area contributed by atoms with Gasteiger partial charge in [0.25, 0.3) is 10.0 Å². The maximum Gasteiger partial charge on any atom is 0.264 e. The lowest BCUT2D eigenvalue weighted by atomic mass is 10.1. The highest BCUT2D eigenvalue weighted by Gasteiger charge is 2.34. The van der Waals surface area contributed by atoms with Crippen LogP contribution in [0.3, 0.4) is 0 Å². The molecule has 0 saturated heterocycles. The molecule has 10 heteroatoms. The molecule has 7 nitrogen and oxygen atoms in total. The molecule has 1 N–H and O–H groups in total. The van der Waals surface area contributed by atoms with Crippen LogP contribution in [-0.4, -0.2) is 43.8 Å². The van der Waals surface area contributed by atoms with E-state index in [2.05, 4.69) is 5.32 Å². The maximum absolute atomic E-state index is 14.2. The molecule has 0 spiro atoms. The van der Waals surface area contributed by atoms with Crippen LogP contribution in [0.15, 0.2) is 71.6 Å². The molecule has 0 radical (unpaired) electrons. The van der Waals surface area contributed by atoms with Crippen LogP contribution in [-0.2, 0) is 26.2 Å². The molecule has 0 saturated carbocycles. The van der Waals surface area contributed by atoms with E-state index < -0.39 is 28.5 Å². The summed E-state index contributed by atoms with van der Waals surface area (Å²) in [6.07, 6.45) is 1.01. The molecule has 0 heterocycles. The molecule has 3 aromatic carbocycles. The van der Waals surface area contributed by atoms with Gasteiger partial charge in [-0.15, -0.1) is 0 Å². The normalized spacial score (nSPS) is 12.9. The first-order valence-electron chi connectivity index (χ1n) is 13.6. The zero-order valence-corrected chi connectivity index (χ0v) is 26.4. The SMILES string of the molecule is CC[C@H](C(=O)N[C@@H](C)CC)N(Cc1c(Cl)cccc1Cl)C(=O)CN(c1cc(C)cc(C)c1)S(=O)(=O)c1ccccc1. The molecule has 0 aliphatic carbocycles. The molecule has 3 aromatic rings. The quantitative estimate of drug-likeness (QED) is 0.250. The first-order valence-corrected chi connectivity index (χ1v) is 15.8. The molecule has 3 rings (SSSR count). The summed E-state index contributed by atoms with van der Waals surface area (Å²) >= 11 is 12.9. The van der Waals surface area contributed by atoms with Crippen LogP contribution in [0.5, 0.6) is 0 Å². The number of hydrogen-bond donors (Lipinski definition) is 1. The molecular weight excluding hydrogens is 581 g/mol. The van der Waals surface area contributed by atoms with Crippen molar-refractivity contribution in [2.75, 3.05) is 10.8 Å². The van der Waals surface area contributed by atoms with E-state index >= 15 is 0 Å². The van der Waals surface area contributed by atoms with E-state index in [4.69, 9.17) is 23.2 Å². The van der Waals surface area contributed by atoms with Crippen molar-refractivity contribution in [1.29, 1.82) is 0 Å². The number of anilines is 1. The molecule has 0 unspecified atom stereocenters. The molecule has 0 bridgehead atoms. The summed E-state index contributed by atoms with van der Waals surface area (Å²) in [5.41, 5.74) is 2.52. The highest BCUT2D eigenvalue weighted by molar-refractivity contribution is 7.92. The Morgan fingerprint density at radius 3 is 2.00 bits per heavy atom. The fourth-order valence-electron chi connectivity index (χ4n) is 4.56. The lowest BCUT2D eigenvalue weighted by Crippen LogP contribution is -2.53. The minimum atomic E-state index is -4.15. The number of rotatable bonds is 12. The summed E-state index contributed by atoms with van der Waals surface area (Å²) in [6.45, 7) is 8.76. The van der Waals surface area contributed by atoms with E-state index in [1.807, 2.05) is 33.8 Å². The Balaban J connectivity index is 2.12. The number of sulfonamides is 1. The Bertz CT molecular complexity index is 1440. The largest absolute Gasteiger partial charge is 0.352 e. The van der Waals surface area contributed by atoms with Gasteiger partial charge in [0.05, 0.1) is 10.6 Å². The number of benzene rings is 3. The first-order chi connectivity index (χ1) is 19.4. The second-order valence-corrected chi connectivity index (χ2v) is 12.8. The Morgan fingerprint density at radius 1 is 0.878 bits per heavy atom. The fraction of sp³-hybridized carbons (Fsp3) is 0.355.